The Morgan fingerprint density at radius 2 is 2.25 bits per heavy atom. The van der Waals surface area contributed by atoms with Gasteiger partial charge in [0.25, 0.3) is 0 Å². The van der Waals surface area contributed by atoms with Crippen LogP contribution in [0.4, 0.5) is 11.4 Å². The van der Waals surface area contributed by atoms with Gasteiger partial charge in [0.1, 0.15) is 0 Å². The lowest BCUT2D eigenvalue weighted by molar-refractivity contribution is -0.116. The smallest absolute Gasteiger partial charge is 0.224 e. The van der Waals surface area contributed by atoms with E-state index in [2.05, 4.69) is 15.6 Å². The van der Waals surface area contributed by atoms with Gasteiger partial charge >= 0.3 is 0 Å². The molecule has 1 aromatic rings. The summed E-state index contributed by atoms with van der Waals surface area (Å²) in [6.07, 6.45) is 5.00. The summed E-state index contributed by atoms with van der Waals surface area (Å²) in [4.78, 5) is 16.0. The van der Waals surface area contributed by atoms with E-state index in [-0.39, 0.29) is 5.91 Å². The van der Waals surface area contributed by atoms with E-state index >= 15 is 0 Å². The first-order chi connectivity index (χ1) is 9.60. The monoisotopic (exact) mass is 290 g/mol. The average molecular weight is 290 g/mol. The Bertz CT molecular complexity index is 549. The molecule has 0 radical (unpaired) electrons. The van der Waals surface area contributed by atoms with Gasteiger partial charge in [0.15, 0.2) is 11.4 Å². The number of rotatable bonds is 4. The Morgan fingerprint density at radius 1 is 1.50 bits per heavy atom. The number of amidine groups is 1. The molecule has 1 rings (SSSR count). The summed E-state index contributed by atoms with van der Waals surface area (Å²) in [6.45, 7) is 3.89. The van der Waals surface area contributed by atoms with Gasteiger partial charge in [0.2, 0.25) is 5.91 Å². The predicted molar refractivity (Wildman–Crippen MR) is 84.1 cm³/mol. The van der Waals surface area contributed by atoms with Gasteiger partial charge in [-0.15, -0.1) is 0 Å². The second-order valence-corrected chi connectivity index (χ2v) is 4.95. The van der Waals surface area contributed by atoms with Crippen LogP contribution in [-0.4, -0.2) is 17.3 Å². The molecule has 0 aliphatic carbocycles. The molecule has 0 fully saturated rings. The summed E-state index contributed by atoms with van der Waals surface area (Å²) in [5, 5.41) is 14.5. The number of nitrogens with one attached hydrogen (secondary N) is 2. The Kier molecular flexibility index (Phi) is 6.60. The van der Waals surface area contributed by atoms with Gasteiger partial charge in [-0.25, -0.2) is 4.99 Å². The highest BCUT2D eigenvalue weighted by molar-refractivity contribution is 8.13. The van der Waals surface area contributed by atoms with Gasteiger partial charge in [-0.05, 0) is 37.3 Å². The molecular formula is C14H18N4OS. The van der Waals surface area contributed by atoms with Crippen LogP contribution in [-0.2, 0) is 4.79 Å². The van der Waals surface area contributed by atoms with Crippen LogP contribution in [0.1, 0.15) is 25.3 Å². The first-order valence-electron chi connectivity index (χ1n) is 6.29. The number of nitriles is 1. The number of amides is 1. The minimum Gasteiger partial charge on any atom is -0.326 e. The molecule has 0 bridgehead atoms. The molecule has 1 aromatic carbocycles. The fourth-order valence-corrected chi connectivity index (χ4v) is 1.88. The number of benzene rings is 1. The Labute approximate surface area is 123 Å². The number of nitrogens with zero attached hydrogens (tertiary/aromatic N) is 2. The minimum absolute atomic E-state index is 0.00785. The van der Waals surface area contributed by atoms with Crippen molar-refractivity contribution < 1.29 is 4.79 Å². The fourth-order valence-electron chi connectivity index (χ4n) is 1.54. The average Bonchev–Trinajstić information content (AvgIpc) is 2.42. The van der Waals surface area contributed by atoms with Crippen molar-refractivity contribution >= 4 is 34.2 Å². The Balaban J connectivity index is 2.97. The van der Waals surface area contributed by atoms with E-state index in [1.807, 2.05) is 38.4 Å². The van der Waals surface area contributed by atoms with Crippen molar-refractivity contribution in [2.45, 2.75) is 26.7 Å². The summed E-state index contributed by atoms with van der Waals surface area (Å²) < 4.78 is 0. The van der Waals surface area contributed by atoms with Gasteiger partial charge in [-0.1, -0.05) is 24.8 Å². The zero-order valence-electron chi connectivity index (χ0n) is 11.9. The van der Waals surface area contributed by atoms with E-state index in [1.54, 1.807) is 6.07 Å². The number of aryl methyl sites for hydroxylation is 1. The van der Waals surface area contributed by atoms with Gasteiger partial charge in [0, 0.05) is 12.1 Å². The van der Waals surface area contributed by atoms with Crippen molar-refractivity contribution in [1.82, 2.24) is 5.32 Å². The van der Waals surface area contributed by atoms with E-state index in [9.17, 15) is 4.79 Å². The van der Waals surface area contributed by atoms with Crippen molar-refractivity contribution in [2.24, 2.45) is 4.99 Å². The second-order valence-electron chi connectivity index (χ2n) is 4.16. The molecule has 1 amide bonds. The van der Waals surface area contributed by atoms with Crippen molar-refractivity contribution in [3.8, 4) is 6.19 Å². The molecule has 5 nitrogen and oxygen atoms in total. The van der Waals surface area contributed by atoms with Crippen molar-refractivity contribution in [2.75, 3.05) is 11.6 Å². The molecule has 0 aromatic heterocycles. The summed E-state index contributed by atoms with van der Waals surface area (Å²) in [5.41, 5.74) is 2.42. The highest BCUT2D eigenvalue weighted by atomic mass is 32.2. The van der Waals surface area contributed by atoms with E-state index in [4.69, 9.17) is 5.26 Å². The number of hydrogen-bond donors (Lipinski definition) is 2. The number of anilines is 1. The van der Waals surface area contributed by atoms with Gasteiger partial charge in [-0.2, -0.15) is 5.26 Å². The van der Waals surface area contributed by atoms with Crippen molar-refractivity contribution in [3.63, 3.8) is 0 Å². The van der Waals surface area contributed by atoms with E-state index in [0.717, 1.165) is 17.7 Å². The maximum Gasteiger partial charge on any atom is 0.224 e. The standard InChI is InChI=1S/C14H18N4OS/c1-4-5-13(19)17-11-7-6-10(2)12(8-11)18-14(20-3)16-9-15/h6-8H,4-5H2,1-3H3,(H,16,18)(H,17,19). The molecule has 0 saturated carbocycles. The lowest BCUT2D eigenvalue weighted by Gasteiger charge is -2.08. The lowest BCUT2D eigenvalue weighted by Crippen LogP contribution is -2.13. The first kappa shape index (κ1) is 16.1. The second kappa shape index (κ2) is 8.23. The van der Waals surface area contributed by atoms with Gasteiger partial charge < -0.3 is 5.32 Å². The first-order valence-corrected chi connectivity index (χ1v) is 7.51. The topological polar surface area (TPSA) is 77.3 Å². The Hall–Kier alpha value is -2.00. The molecule has 0 aliphatic heterocycles. The van der Waals surface area contributed by atoms with E-state index in [0.29, 0.717) is 17.3 Å². The number of hydrogen-bond acceptors (Lipinski definition) is 4. The maximum absolute atomic E-state index is 11.6. The van der Waals surface area contributed by atoms with Crippen LogP contribution < -0.4 is 10.6 Å². The molecule has 0 heterocycles. The molecule has 0 unspecified atom stereocenters. The quantitative estimate of drug-likeness (QED) is 0.386. The van der Waals surface area contributed by atoms with Crippen LogP contribution in [0.3, 0.4) is 0 Å². The number of carbonyl (C=O) groups is 1. The summed E-state index contributed by atoms with van der Waals surface area (Å²) in [7, 11) is 0. The Morgan fingerprint density at radius 3 is 2.85 bits per heavy atom. The molecule has 2 N–H and O–H groups in total. The number of thioether (sulfide) groups is 1. The molecule has 6 heteroatoms. The van der Waals surface area contributed by atoms with Crippen LogP contribution in [0.15, 0.2) is 23.2 Å². The van der Waals surface area contributed by atoms with Gasteiger partial charge in [-0.3, -0.25) is 10.1 Å². The van der Waals surface area contributed by atoms with Crippen LogP contribution in [0.25, 0.3) is 0 Å². The van der Waals surface area contributed by atoms with Crippen LogP contribution >= 0.6 is 11.8 Å². The highest BCUT2D eigenvalue weighted by Gasteiger charge is 2.05. The SMILES string of the molecule is CCCC(=O)Nc1ccc(C)c(N=C(NC#N)SC)c1. The number of aliphatic imine (C=N–C) groups is 1. The normalized spacial score (nSPS) is 10.8. The third-order valence-electron chi connectivity index (χ3n) is 2.55. The molecule has 0 spiro atoms. The molecular weight excluding hydrogens is 272 g/mol. The molecule has 106 valence electrons. The minimum atomic E-state index is -0.00785. The highest BCUT2D eigenvalue weighted by Crippen LogP contribution is 2.24. The van der Waals surface area contributed by atoms with Crippen molar-refractivity contribution in [1.29, 1.82) is 5.26 Å². The molecule has 20 heavy (non-hydrogen) atoms. The lowest BCUT2D eigenvalue weighted by atomic mass is 10.2. The van der Waals surface area contributed by atoms with E-state index < -0.39 is 0 Å². The van der Waals surface area contributed by atoms with Gasteiger partial charge in [0.05, 0.1) is 5.69 Å². The third-order valence-corrected chi connectivity index (χ3v) is 3.13. The zero-order valence-corrected chi connectivity index (χ0v) is 12.7. The van der Waals surface area contributed by atoms with Crippen LogP contribution in [0.2, 0.25) is 0 Å². The summed E-state index contributed by atoms with van der Waals surface area (Å²) >= 11 is 1.35. The summed E-state index contributed by atoms with van der Waals surface area (Å²) in [6, 6.07) is 5.54. The fraction of sp³-hybridized carbons (Fsp3) is 0.357. The molecule has 0 aliphatic rings. The molecule has 0 atom stereocenters. The summed E-state index contributed by atoms with van der Waals surface area (Å²) in [5.74, 6) is -0.00785. The van der Waals surface area contributed by atoms with E-state index in [1.165, 1.54) is 11.8 Å². The largest absolute Gasteiger partial charge is 0.326 e. The van der Waals surface area contributed by atoms with Crippen LogP contribution in [0, 0.1) is 18.4 Å². The van der Waals surface area contributed by atoms with Crippen molar-refractivity contribution in [3.05, 3.63) is 23.8 Å². The maximum atomic E-state index is 11.6. The predicted octanol–water partition coefficient (Wildman–Crippen LogP) is 3.15. The van der Waals surface area contributed by atoms with Crippen LogP contribution in [0.5, 0.6) is 0 Å². The number of carbonyl (C=O) groups excluding carboxylic acids is 1. The zero-order chi connectivity index (χ0) is 15.0. The molecule has 0 saturated heterocycles. The third kappa shape index (κ3) is 4.94.